The van der Waals surface area contributed by atoms with Gasteiger partial charge in [0.05, 0.1) is 11.4 Å². The lowest BCUT2D eigenvalue weighted by Crippen LogP contribution is -1.80. The highest BCUT2D eigenvalue weighted by molar-refractivity contribution is 9.10. The largest absolute Gasteiger partial charge is 0.248 e. The van der Waals surface area contributed by atoms with E-state index in [1.807, 2.05) is 12.1 Å². The first-order valence-corrected chi connectivity index (χ1v) is 4.32. The van der Waals surface area contributed by atoms with Crippen molar-refractivity contribution < 1.29 is 0 Å². The number of hydrogen-bond donors (Lipinski definition) is 0. The highest BCUT2D eigenvalue weighted by Crippen LogP contribution is 2.10. The maximum Gasteiger partial charge on any atom is 0.121 e. The molecule has 0 fully saturated rings. The van der Waals surface area contributed by atoms with Crippen molar-refractivity contribution in [2.75, 3.05) is 5.88 Å². The lowest BCUT2D eigenvalue weighted by molar-refractivity contribution is 1.26. The van der Waals surface area contributed by atoms with Gasteiger partial charge in [0.25, 0.3) is 0 Å². The van der Waals surface area contributed by atoms with Crippen LogP contribution in [0.4, 0.5) is 0 Å². The first kappa shape index (κ1) is 8.58. The molecule has 0 bridgehead atoms. The van der Waals surface area contributed by atoms with Crippen molar-refractivity contribution >= 4 is 27.5 Å². The number of nitrogens with zero attached hydrogens (tertiary/aromatic N) is 1. The van der Waals surface area contributed by atoms with Crippen molar-refractivity contribution in [3.63, 3.8) is 0 Å². The van der Waals surface area contributed by atoms with Gasteiger partial charge in [0, 0.05) is 6.20 Å². The fourth-order valence-corrected chi connectivity index (χ4v) is 1.02. The fourth-order valence-electron chi connectivity index (χ4n) is 0.608. The molecule has 0 aliphatic rings. The normalized spacial score (nSPS) is 8.55. The Morgan fingerprint density at radius 1 is 1.64 bits per heavy atom. The molecular weight excluding hydrogens is 225 g/mol. The predicted octanol–water partition coefficient (Wildman–Crippen LogP) is 2.43. The van der Waals surface area contributed by atoms with E-state index >= 15 is 0 Å². The van der Waals surface area contributed by atoms with Crippen LogP contribution in [0.25, 0.3) is 0 Å². The van der Waals surface area contributed by atoms with Crippen LogP contribution >= 0.6 is 27.5 Å². The zero-order chi connectivity index (χ0) is 8.10. The third kappa shape index (κ3) is 2.53. The molecule has 0 unspecified atom stereocenters. The van der Waals surface area contributed by atoms with Crippen molar-refractivity contribution in [1.82, 2.24) is 4.98 Å². The number of aromatic nitrogens is 1. The summed E-state index contributed by atoms with van der Waals surface area (Å²) in [5, 5.41) is 0. The zero-order valence-electron chi connectivity index (χ0n) is 5.64. The first-order valence-electron chi connectivity index (χ1n) is 3.00. The van der Waals surface area contributed by atoms with Crippen LogP contribution in [0.2, 0.25) is 0 Å². The molecule has 0 saturated carbocycles. The van der Waals surface area contributed by atoms with E-state index in [4.69, 9.17) is 11.6 Å². The second-order valence-electron chi connectivity index (χ2n) is 1.78. The van der Waals surface area contributed by atoms with E-state index in [1.54, 1.807) is 6.20 Å². The van der Waals surface area contributed by atoms with Crippen molar-refractivity contribution in [3.8, 4) is 11.8 Å². The molecule has 0 aromatic carbocycles. The lowest BCUT2D eigenvalue weighted by Gasteiger charge is -1.90. The van der Waals surface area contributed by atoms with Crippen molar-refractivity contribution in [2.45, 2.75) is 0 Å². The fraction of sp³-hybridized carbons (Fsp3) is 0.125. The third-order valence-corrected chi connectivity index (χ3v) is 1.81. The second kappa shape index (κ2) is 4.38. The summed E-state index contributed by atoms with van der Waals surface area (Å²) >= 11 is 8.66. The summed E-state index contributed by atoms with van der Waals surface area (Å²) in [5.74, 6) is 5.97. The summed E-state index contributed by atoms with van der Waals surface area (Å²) in [6.07, 6.45) is 1.70. The topological polar surface area (TPSA) is 12.9 Å². The monoisotopic (exact) mass is 229 g/mol. The molecule has 0 amide bonds. The van der Waals surface area contributed by atoms with E-state index in [2.05, 4.69) is 32.8 Å². The smallest absolute Gasteiger partial charge is 0.121 e. The maximum absolute atomic E-state index is 5.39. The van der Waals surface area contributed by atoms with E-state index < -0.39 is 0 Å². The van der Waals surface area contributed by atoms with Gasteiger partial charge in [-0.3, -0.25) is 0 Å². The summed E-state index contributed by atoms with van der Waals surface area (Å²) in [6.45, 7) is 0. The Bertz CT molecular complexity index is 300. The average molecular weight is 230 g/mol. The standard InChI is InChI=1S/C8H5BrClN/c9-8-7(3-1-5-10)4-2-6-11-8/h2,4,6H,5H2. The number of alkyl halides is 1. The Hall–Kier alpha value is -0.520. The summed E-state index contributed by atoms with van der Waals surface area (Å²) < 4.78 is 0.762. The van der Waals surface area contributed by atoms with Crippen LogP contribution in [-0.2, 0) is 0 Å². The first-order chi connectivity index (χ1) is 5.34. The van der Waals surface area contributed by atoms with E-state index in [9.17, 15) is 0 Å². The van der Waals surface area contributed by atoms with E-state index in [1.165, 1.54) is 0 Å². The number of rotatable bonds is 0. The number of hydrogen-bond acceptors (Lipinski definition) is 1. The molecule has 0 saturated heterocycles. The van der Waals surface area contributed by atoms with E-state index in [0.717, 1.165) is 10.2 Å². The van der Waals surface area contributed by atoms with Crippen molar-refractivity contribution in [1.29, 1.82) is 0 Å². The maximum atomic E-state index is 5.39. The molecule has 1 heterocycles. The van der Waals surface area contributed by atoms with Crippen molar-refractivity contribution in [3.05, 3.63) is 28.5 Å². The van der Waals surface area contributed by atoms with Crippen LogP contribution < -0.4 is 0 Å². The third-order valence-electron chi connectivity index (χ3n) is 1.05. The van der Waals surface area contributed by atoms with Gasteiger partial charge in [-0.25, -0.2) is 4.98 Å². The lowest BCUT2D eigenvalue weighted by atomic mass is 10.3. The molecular formula is C8H5BrClN. The van der Waals surface area contributed by atoms with Crippen LogP contribution in [0.3, 0.4) is 0 Å². The molecule has 1 aromatic rings. The van der Waals surface area contributed by atoms with Crippen LogP contribution in [0.1, 0.15) is 5.56 Å². The molecule has 11 heavy (non-hydrogen) atoms. The molecule has 0 spiro atoms. The molecule has 0 atom stereocenters. The van der Waals surface area contributed by atoms with Gasteiger partial charge >= 0.3 is 0 Å². The summed E-state index contributed by atoms with van der Waals surface area (Å²) in [4.78, 5) is 4.00. The van der Waals surface area contributed by atoms with Crippen LogP contribution in [0.15, 0.2) is 22.9 Å². The number of halogens is 2. The zero-order valence-corrected chi connectivity index (χ0v) is 7.98. The quantitative estimate of drug-likeness (QED) is 0.379. The Labute approximate surface area is 78.9 Å². The summed E-state index contributed by atoms with van der Waals surface area (Å²) in [5.41, 5.74) is 0.869. The van der Waals surface area contributed by atoms with E-state index in [-0.39, 0.29) is 0 Å². The van der Waals surface area contributed by atoms with Gasteiger partial charge in [-0.05, 0) is 28.1 Å². The Morgan fingerprint density at radius 3 is 3.09 bits per heavy atom. The molecule has 3 heteroatoms. The molecule has 1 aromatic heterocycles. The van der Waals surface area contributed by atoms with Gasteiger partial charge < -0.3 is 0 Å². The molecule has 0 aliphatic heterocycles. The molecule has 0 radical (unpaired) electrons. The van der Waals surface area contributed by atoms with Gasteiger partial charge in [-0.15, -0.1) is 11.6 Å². The minimum atomic E-state index is 0.349. The van der Waals surface area contributed by atoms with Crippen LogP contribution in [0.5, 0.6) is 0 Å². The Kier molecular flexibility index (Phi) is 3.41. The van der Waals surface area contributed by atoms with Crippen LogP contribution in [0, 0.1) is 11.8 Å². The molecule has 56 valence electrons. The highest BCUT2D eigenvalue weighted by Gasteiger charge is 1.92. The second-order valence-corrected chi connectivity index (χ2v) is 2.80. The molecule has 1 nitrogen and oxygen atoms in total. The summed E-state index contributed by atoms with van der Waals surface area (Å²) in [6, 6.07) is 3.72. The van der Waals surface area contributed by atoms with E-state index in [0.29, 0.717) is 5.88 Å². The van der Waals surface area contributed by atoms with Gasteiger partial charge in [0.1, 0.15) is 4.60 Å². The van der Waals surface area contributed by atoms with Gasteiger partial charge in [0.2, 0.25) is 0 Å². The Balaban J connectivity index is 2.95. The molecule has 0 N–H and O–H groups in total. The summed E-state index contributed by atoms with van der Waals surface area (Å²) in [7, 11) is 0. The molecule has 0 aliphatic carbocycles. The average Bonchev–Trinajstić information content (AvgIpc) is 2.03. The minimum Gasteiger partial charge on any atom is -0.248 e. The van der Waals surface area contributed by atoms with Crippen molar-refractivity contribution in [2.24, 2.45) is 0 Å². The van der Waals surface area contributed by atoms with Gasteiger partial charge in [-0.2, -0.15) is 0 Å². The van der Waals surface area contributed by atoms with Gasteiger partial charge in [-0.1, -0.05) is 11.8 Å². The molecule has 1 rings (SSSR count). The number of pyridine rings is 1. The van der Waals surface area contributed by atoms with Gasteiger partial charge in [0.15, 0.2) is 0 Å². The predicted molar refractivity (Wildman–Crippen MR) is 49.5 cm³/mol. The minimum absolute atomic E-state index is 0.349. The Morgan fingerprint density at radius 2 is 2.45 bits per heavy atom. The highest BCUT2D eigenvalue weighted by atomic mass is 79.9. The SMILES string of the molecule is ClCC#Cc1cccnc1Br. The van der Waals surface area contributed by atoms with Crippen LogP contribution in [-0.4, -0.2) is 10.9 Å².